The van der Waals surface area contributed by atoms with Gasteiger partial charge in [-0.25, -0.2) is 13.6 Å². The molecule has 3 nitrogen and oxygen atoms in total. The Hall–Kier alpha value is -1.49. The number of halogens is 2. The fourth-order valence-electron chi connectivity index (χ4n) is 1.05. The van der Waals surface area contributed by atoms with Gasteiger partial charge >= 0.3 is 5.97 Å². The minimum Gasteiger partial charge on any atom is -0.479 e. The van der Waals surface area contributed by atoms with E-state index >= 15 is 0 Å². The molecule has 0 aliphatic heterocycles. The van der Waals surface area contributed by atoms with E-state index in [1.54, 1.807) is 0 Å². The zero-order valence-corrected chi connectivity index (χ0v) is 7.33. The molecule has 1 unspecified atom stereocenters. The van der Waals surface area contributed by atoms with Gasteiger partial charge < -0.3 is 9.84 Å². The highest BCUT2D eigenvalue weighted by Crippen LogP contribution is 2.19. The lowest BCUT2D eigenvalue weighted by molar-refractivity contribution is -0.148. The van der Waals surface area contributed by atoms with Crippen molar-refractivity contribution in [1.29, 1.82) is 0 Å². The summed E-state index contributed by atoms with van der Waals surface area (Å²) in [6.45, 7) is 0. The third-order valence-electron chi connectivity index (χ3n) is 1.71. The van der Waals surface area contributed by atoms with Crippen molar-refractivity contribution in [3.63, 3.8) is 0 Å². The van der Waals surface area contributed by atoms with Crippen LogP contribution < -0.4 is 0 Å². The van der Waals surface area contributed by atoms with E-state index in [9.17, 15) is 13.6 Å². The van der Waals surface area contributed by atoms with Crippen LogP contribution in [0.1, 0.15) is 11.7 Å². The van der Waals surface area contributed by atoms with E-state index in [2.05, 4.69) is 4.74 Å². The van der Waals surface area contributed by atoms with Crippen LogP contribution in [0.5, 0.6) is 0 Å². The predicted octanol–water partition coefficient (Wildman–Crippen LogP) is 1.74. The van der Waals surface area contributed by atoms with Gasteiger partial charge in [-0.2, -0.15) is 0 Å². The first-order chi connectivity index (χ1) is 6.56. The number of carboxylic acids is 1. The fourth-order valence-corrected chi connectivity index (χ4v) is 1.05. The van der Waals surface area contributed by atoms with Crippen LogP contribution in [0.25, 0.3) is 0 Å². The third kappa shape index (κ3) is 2.05. The maximum Gasteiger partial charge on any atom is 0.337 e. The molecule has 1 aromatic carbocycles. The third-order valence-corrected chi connectivity index (χ3v) is 1.71. The van der Waals surface area contributed by atoms with Crippen LogP contribution in [-0.4, -0.2) is 18.2 Å². The molecule has 0 fully saturated rings. The molecule has 0 spiro atoms. The van der Waals surface area contributed by atoms with E-state index in [4.69, 9.17) is 5.11 Å². The molecule has 1 aromatic rings. The quantitative estimate of drug-likeness (QED) is 0.811. The SMILES string of the molecule is COC(C(=O)O)c1ccc(F)c(F)c1. The normalized spacial score (nSPS) is 12.5. The first-order valence-corrected chi connectivity index (χ1v) is 3.77. The number of aliphatic carboxylic acids is 1. The summed E-state index contributed by atoms with van der Waals surface area (Å²) in [6.07, 6.45) is -1.27. The average Bonchev–Trinajstić information content (AvgIpc) is 2.11. The molecule has 0 heterocycles. The highest BCUT2D eigenvalue weighted by molar-refractivity contribution is 5.74. The van der Waals surface area contributed by atoms with E-state index in [0.29, 0.717) is 0 Å². The average molecular weight is 202 g/mol. The maximum absolute atomic E-state index is 12.7. The summed E-state index contributed by atoms with van der Waals surface area (Å²) in [6, 6.07) is 2.83. The lowest BCUT2D eigenvalue weighted by atomic mass is 10.1. The maximum atomic E-state index is 12.7. The highest BCUT2D eigenvalue weighted by atomic mass is 19.2. The number of hydrogen-bond acceptors (Lipinski definition) is 2. The Kier molecular flexibility index (Phi) is 3.14. The summed E-state index contributed by atoms with van der Waals surface area (Å²) in [5.74, 6) is -3.36. The van der Waals surface area contributed by atoms with Crippen molar-refractivity contribution in [2.45, 2.75) is 6.10 Å². The van der Waals surface area contributed by atoms with Gasteiger partial charge in [0.15, 0.2) is 17.7 Å². The largest absolute Gasteiger partial charge is 0.479 e. The summed E-state index contributed by atoms with van der Waals surface area (Å²) in [7, 11) is 1.18. The Balaban J connectivity index is 3.06. The summed E-state index contributed by atoms with van der Waals surface area (Å²) in [4.78, 5) is 10.6. The lowest BCUT2D eigenvalue weighted by Gasteiger charge is -2.10. The minimum atomic E-state index is -1.27. The van der Waals surface area contributed by atoms with Gasteiger partial charge in [-0.3, -0.25) is 0 Å². The number of hydrogen-bond donors (Lipinski definition) is 1. The second-order valence-electron chi connectivity index (χ2n) is 2.63. The van der Waals surface area contributed by atoms with Crippen LogP contribution in [0.15, 0.2) is 18.2 Å². The van der Waals surface area contributed by atoms with Gasteiger partial charge in [0.05, 0.1) is 0 Å². The van der Waals surface area contributed by atoms with Gasteiger partial charge in [-0.05, 0) is 17.7 Å². The number of carbonyl (C=O) groups is 1. The fraction of sp³-hybridized carbons (Fsp3) is 0.222. The first kappa shape index (κ1) is 10.6. The van der Waals surface area contributed by atoms with Crippen molar-refractivity contribution in [2.75, 3.05) is 7.11 Å². The molecule has 0 saturated heterocycles. The summed E-state index contributed by atoms with van der Waals surface area (Å²) in [5, 5.41) is 8.65. The van der Waals surface area contributed by atoms with Crippen molar-refractivity contribution in [1.82, 2.24) is 0 Å². The van der Waals surface area contributed by atoms with Crippen LogP contribution in [0.3, 0.4) is 0 Å². The van der Waals surface area contributed by atoms with Gasteiger partial charge in [0.1, 0.15) is 0 Å². The molecule has 1 rings (SSSR count). The summed E-state index contributed by atoms with van der Waals surface area (Å²) < 4.78 is 29.8. The molecule has 0 radical (unpaired) electrons. The monoisotopic (exact) mass is 202 g/mol. The van der Waals surface area contributed by atoms with E-state index < -0.39 is 23.7 Å². The topological polar surface area (TPSA) is 46.5 Å². The Labute approximate surface area is 78.9 Å². The molecule has 0 bridgehead atoms. The van der Waals surface area contributed by atoms with Crippen LogP contribution in [0.2, 0.25) is 0 Å². The standard InChI is InChI=1S/C9H8F2O3/c1-14-8(9(12)13)5-2-3-6(10)7(11)4-5/h2-4,8H,1H3,(H,12,13). The van der Waals surface area contributed by atoms with E-state index in [0.717, 1.165) is 12.1 Å². The minimum absolute atomic E-state index is 0.0684. The van der Waals surface area contributed by atoms with Gasteiger partial charge in [0, 0.05) is 7.11 Å². The molecule has 0 aliphatic carbocycles. The van der Waals surface area contributed by atoms with Crippen molar-refractivity contribution in [3.8, 4) is 0 Å². The van der Waals surface area contributed by atoms with Gasteiger partial charge in [-0.15, -0.1) is 0 Å². The van der Waals surface area contributed by atoms with Crippen LogP contribution in [0.4, 0.5) is 8.78 Å². The van der Waals surface area contributed by atoms with E-state index in [-0.39, 0.29) is 5.56 Å². The van der Waals surface area contributed by atoms with Gasteiger partial charge in [0.25, 0.3) is 0 Å². The molecule has 0 aromatic heterocycles. The van der Waals surface area contributed by atoms with E-state index in [1.165, 1.54) is 13.2 Å². The molecule has 1 atom stereocenters. The molecule has 1 N–H and O–H groups in total. The zero-order valence-electron chi connectivity index (χ0n) is 7.33. The predicted molar refractivity (Wildman–Crippen MR) is 43.7 cm³/mol. The number of rotatable bonds is 3. The van der Waals surface area contributed by atoms with Crippen molar-refractivity contribution >= 4 is 5.97 Å². The Morgan fingerprint density at radius 2 is 2.07 bits per heavy atom. The number of ether oxygens (including phenoxy) is 1. The second kappa shape index (κ2) is 4.15. The number of benzene rings is 1. The summed E-state index contributed by atoms with van der Waals surface area (Å²) in [5.41, 5.74) is 0.0684. The molecular weight excluding hydrogens is 194 g/mol. The Morgan fingerprint density at radius 1 is 1.43 bits per heavy atom. The van der Waals surface area contributed by atoms with Crippen LogP contribution >= 0.6 is 0 Å². The van der Waals surface area contributed by atoms with Gasteiger partial charge in [0.2, 0.25) is 0 Å². The highest BCUT2D eigenvalue weighted by Gasteiger charge is 2.20. The zero-order chi connectivity index (χ0) is 10.7. The van der Waals surface area contributed by atoms with Gasteiger partial charge in [-0.1, -0.05) is 6.07 Å². The molecule has 0 aliphatic rings. The van der Waals surface area contributed by atoms with Crippen molar-refractivity contribution in [2.24, 2.45) is 0 Å². The smallest absolute Gasteiger partial charge is 0.337 e. The molecular formula is C9H8F2O3. The molecule has 0 saturated carbocycles. The summed E-state index contributed by atoms with van der Waals surface area (Å²) >= 11 is 0. The second-order valence-corrected chi connectivity index (χ2v) is 2.63. The lowest BCUT2D eigenvalue weighted by Crippen LogP contribution is -2.13. The Bertz CT molecular complexity index is 352. The van der Waals surface area contributed by atoms with Crippen molar-refractivity contribution in [3.05, 3.63) is 35.4 Å². The van der Waals surface area contributed by atoms with Crippen LogP contribution in [0, 0.1) is 11.6 Å². The molecule has 0 amide bonds. The molecule has 14 heavy (non-hydrogen) atoms. The van der Waals surface area contributed by atoms with Crippen molar-refractivity contribution < 1.29 is 23.4 Å². The number of carboxylic acid groups (broad SMARTS) is 1. The first-order valence-electron chi connectivity index (χ1n) is 3.77. The van der Waals surface area contributed by atoms with Crippen LogP contribution in [-0.2, 0) is 9.53 Å². The number of methoxy groups -OCH3 is 1. The molecule has 5 heteroatoms. The Morgan fingerprint density at radius 3 is 2.50 bits per heavy atom. The molecule has 76 valence electrons. The van der Waals surface area contributed by atoms with E-state index in [1.807, 2.05) is 0 Å².